The first kappa shape index (κ1) is 15.0. The Kier molecular flexibility index (Phi) is 4.19. The summed E-state index contributed by atoms with van der Waals surface area (Å²) < 4.78 is 32.4. The van der Waals surface area contributed by atoms with Gasteiger partial charge in [-0.25, -0.2) is 13.1 Å². The maximum Gasteiger partial charge on any atom is 0.241 e. The maximum absolute atomic E-state index is 12.3. The van der Waals surface area contributed by atoms with Gasteiger partial charge in [-0.1, -0.05) is 0 Å². The molecule has 8 heteroatoms. The number of aliphatic hydroxyl groups is 1. The SMILES string of the molecule is Nc1cc(S(=O)(=O)NC2(CO)CCOCC2)ccc1O. The van der Waals surface area contributed by atoms with Crippen LogP contribution in [-0.4, -0.2) is 44.0 Å². The highest BCUT2D eigenvalue weighted by molar-refractivity contribution is 7.89. The van der Waals surface area contributed by atoms with E-state index >= 15 is 0 Å². The van der Waals surface area contributed by atoms with E-state index in [9.17, 15) is 18.6 Å². The van der Waals surface area contributed by atoms with Crippen LogP contribution in [0.5, 0.6) is 5.75 Å². The quantitative estimate of drug-likeness (QED) is 0.451. The molecule has 0 amide bonds. The molecule has 7 nitrogen and oxygen atoms in total. The molecule has 0 atom stereocenters. The van der Waals surface area contributed by atoms with Gasteiger partial charge < -0.3 is 20.7 Å². The highest BCUT2D eigenvalue weighted by Crippen LogP contribution is 2.26. The fourth-order valence-electron chi connectivity index (χ4n) is 2.10. The van der Waals surface area contributed by atoms with Gasteiger partial charge in [-0.05, 0) is 31.0 Å². The lowest BCUT2D eigenvalue weighted by molar-refractivity contribution is 0.0223. The second-order valence-electron chi connectivity index (χ2n) is 4.88. The minimum absolute atomic E-state index is 0.0158. The topological polar surface area (TPSA) is 122 Å². The molecule has 1 aliphatic rings. The van der Waals surface area contributed by atoms with Gasteiger partial charge in [-0.15, -0.1) is 0 Å². The molecule has 0 saturated carbocycles. The van der Waals surface area contributed by atoms with Gasteiger partial charge in [-0.3, -0.25) is 0 Å². The van der Waals surface area contributed by atoms with Gasteiger partial charge in [0.25, 0.3) is 0 Å². The molecule has 1 saturated heterocycles. The Hall–Kier alpha value is -1.35. The minimum atomic E-state index is -3.83. The lowest BCUT2D eigenvalue weighted by Gasteiger charge is -2.35. The van der Waals surface area contributed by atoms with Crippen molar-refractivity contribution in [3.8, 4) is 5.75 Å². The number of hydrogen-bond donors (Lipinski definition) is 4. The number of phenolic OH excluding ortho intramolecular Hbond substituents is 1. The first-order valence-electron chi connectivity index (χ1n) is 6.20. The molecule has 20 heavy (non-hydrogen) atoms. The Morgan fingerprint density at radius 3 is 2.55 bits per heavy atom. The second-order valence-corrected chi connectivity index (χ2v) is 6.56. The third kappa shape index (κ3) is 3.04. The molecule has 112 valence electrons. The summed E-state index contributed by atoms with van der Waals surface area (Å²) >= 11 is 0. The van der Waals surface area contributed by atoms with E-state index in [0.717, 1.165) is 0 Å². The number of nitrogen functional groups attached to an aromatic ring is 1. The lowest BCUT2D eigenvalue weighted by atomic mass is 9.93. The average Bonchev–Trinajstić information content (AvgIpc) is 2.42. The van der Waals surface area contributed by atoms with E-state index in [1.165, 1.54) is 18.2 Å². The summed E-state index contributed by atoms with van der Waals surface area (Å²) in [6, 6.07) is 3.67. The molecule has 1 heterocycles. The molecular weight excluding hydrogens is 284 g/mol. The highest BCUT2D eigenvalue weighted by atomic mass is 32.2. The summed E-state index contributed by atoms with van der Waals surface area (Å²) in [5.74, 6) is -0.174. The highest BCUT2D eigenvalue weighted by Gasteiger charge is 2.36. The van der Waals surface area contributed by atoms with Gasteiger partial charge >= 0.3 is 0 Å². The fraction of sp³-hybridized carbons (Fsp3) is 0.500. The number of nitrogens with one attached hydrogen (secondary N) is 1. The number of aromatic hydroxyl groups is 1. The number of aliphatic hydroxyl groups excluding tert-OH is 1. The van der Waals surface area contributed by atoms with Gasteiger partial charge in [0.15, 0.2) is 0 Å². The van der Waals surface area contributed by atoms with E-state index in [-0.39, 0.29) is 22.9 Å². The smallest absolute Gasteiger partial charge is 0.241 e. The van der Waals surface area contributed by atoms with Crippen molar-refractivity contribution in [2.24, 2.45) is 0 Å². The molecule has 1 aromatic carbocycles. The number of anilines is 1. The van der Waals surface area contributed by atoms with Gasteiger partial charge in [-0.2, -0.15) is 0 Å². The zero-order valence-corrected chi connectivity index (χ0v) is 11.7. The third-order valence-corrected chi connectivity index (χ3v) is 4.99. The Bertz CT molecular complexity index is 582. The average molecular weight is 302 g/mol. The van der Waals surface area contributed by atoms with E-state index in [4.69, 9.17) is 10.5 Å². The van der Waals surface area contributed by atoms with E-state index in [1.54, 1.807) is 0 Å². The van der Waals surface area contributed by atoms with Crippen molar-refractivity contribution in [1.82, 2.24) is 4.72 Å². The van der Waals surface area contributed by atoms with Crippen LogP contribution in [0.2, 0.25) is 0 Å². The van der Waals surface area contributed by atoms with Crippen LogP contribution in [-0.2, 0) is 14.8 Å². The van der Waals surface area contributed by atoms with Crippen molar-refractivity contribution >= 4 is 15.7 Å². The van der Waals surface area contributed by atoms with Crippen LogP contribution in [0.3, 0.4) is 0 Å². The Morgan fingerprint density at radius 1 is 1.35 bits per heavy atom. The number of sulfonamides is 1. The van der Waals surface area contributed by atoms with Crippen molar-refractivity contribution in [2.75, 3.05) is 25.6 Å². The molecule has 0 radical (unpaired) electrons. The van der Waals surface area contributed by atoms with Crippen molar-refractivity contribution in [3.05, 3.63) is 18.2 Å². The van der Waals surface area contributed by atoms with Gasteiger partial charge in [0, 0.05) is 13.2 Å². The molecule has 0 aliphatic carbocycles. The molecule has 0 spiro atoms. The zero-order chi connectivity index (χ0) is 14.8. The Morgan fingerprint density at radius 2 is 2.00 bits per heavy atom. The molecule has 5 N–H and O–H groups in total. The molecule has 0 unspecified atom stereocenters. The van der Waals surface area contributed by atoms with Crippen LogP contribution < -0.4 is 10.5 Å². The normalized spacial score (nSPS) is 18.9. The Balaban J connectivity index is 2.27. The molecule has 1 fully saturated rings. The summed E-state index contributed by atoms with van der Waals surface area (Å²) in [6.45, 7) is 0.477. The van der Waals surface area contributed by atoms with Gasteiger partial charge in [0.2, 0.25) is 10.0 Å². The summed E-state index contributed by atoms with van der Waals surface area (Å²) in [5, 5.41) is 18.8. The molecule has 0 bridgehead atoms. The number of nitrogens with two attached hydrogens (primary N) is 1. The predicted octanol–water partition coefficient (Wildman–Crippen LogP) is -0.206. The van der Waals surface area contributed by atoms with Crippen LogP contribution in [0.4, 0.5) is 5.69 Å². The van der Waals surface area contributed by atoms with Crippen molar-refractivity contribution in [2.45, 2.75) is 23.3 Å². The summed E-state index contributed by atoms with van der Waals surface area (Å²) in [5.41, 5.74) is 4.58. The number of rotatable bonds is 4. The standard InChI is InChI=1S/C12H18N2O5S/c13-10-7-9(1-2-11(10)16)20(17,18)14-12(8-15)3-5-19-6-4-12/h1-2,7,14-16H,3-6,8,13H2. The van der Waals surface area contributed by atoms with Crippen molar-refractivity contribution in [1.29, 1.82) is 0 Å². The minimum Gasteiger partial charge on any atom is -0.506 e. The first-order chi connectivity index (χ1) is 9.38. The second kappa shape index (κ2) is 5.57. The summed E-state index contributed by atoms with van der Waals surface area (Å²) in [6.07, 6.45) is 0.798. The van der Waals surface area contributed by atoms with Crippen LogP contribution >= 0.6 is 0 Å². The lowest BCUT2D eigenvalue weighted by Crippen LogP contribution is -2.54. The maximum atomic E-state index is 12.3. The zero-order valence-electron chi connectivity index (χ0n) is 10.9. The molecule has 2 rings (SSSR count). The van der Waals surface area contributed by atoms with Crippen LogP contribution in [0.15, 0.2) is 23.1 Å². The van der Waals surface area contributed by atoms with Crippen LogP contribution in [0.25, 0.3) is 0 Å². The molecule has 0 aromatic heterocycles. The third-order valence-electron chi connectivity index (χ3n) is 3.41. The Labute approximate surface area is 117 Å². The van der Waals surface area contributed by atoms with Crippen LogP contribution in [0, 0.1) is 0 Å². The molecular formula is C12H18N2O5S. The predicted molar refractivity (Wildman–Crippen MR) is 72.7 cm³/mol. The first-order valence-corrected chi connectivity index (χ1v) is 7.68. The number of phenols is 1. The number of ether oxygens (including phenoxy) is 1. The van der Waals surface area contributed by atoms with E-state index in [1.807, 2.05) is 0 Å². The molecule has 1 aromatic rings. The van der Waals surface area contributed by atoms with Gasteiger partial charge in [0.05, 0.1) is 22.7 Å². The number of benzene rings is 1. The fourth-order valence-corrected chi connectivity index (χ4v) is 3.58. The van der Waals surface area contributed by atoms with Crippen molar-refractivity contribution in [3.63, 3.8) is 0 Å². The van der Waals surface area contributed by atoms with E-state index in [2.05, 4.69) is 4.72 Å². The number of hydrogen-bond acceptors (Lipinski definition) is 6. The van der Waals surface area contributed by atoms with Gasteiger partial charge in [0.1, 0.15) is 5.75 Å². The largest absolute Gasteiger partial charge is 0.506 e. The summed E-state index contributed by atoms with van der Waals surface area (Å²) in [4.78, 5) is -0.0490. The van der Waals surface area contributed by atoms with E-state index in [0.29, 0.717) is 26.1 Å². The van der Waals surface area contributed by atoms with Crippen molar-refractivity contribution < 1.29 is 23.4 Å². The van der Waals surface area contributed by atoms with E-state index < -0.39 is 15.6 Å². The summed E-state index contributed by atoms with van der Waals surface area (Å²) in [7, 11) is -3.83. The van der Waals surface area contributed by atoms with Crippen LogP contribution in [0.1, 0.15) is 12.8 Å². The monoisotopic (exact) mass is 302 g/mol. The molecule has 1 aliphatic heterocycles.